The van der Waals surface area contributed by atoms with Crippen LogP contribution in [0, 0.1) is 5.92 Å². The van der Waals surface area contributed by atoms with E-state index in [-0.39, 0.29) is 6.04 Å². The molecule has 1 aliphatic carbocycles. The molecule has 0 saturated heterocycles. The lowest BCUT2D eigenvalue weighted by atomic mass is 9.84. The summed E-state index contributed by atoms with van der Waals surface area (Å²) in [6, 6.07) is 9.15. The summed E-state index contributed by atoms with van der Waals surface area (Å²) >= 11 is 3.50. The molecule has 0 aliphatic heterocycles. The molecule has 0 amide bonds. The van der Waals surface area contributed by atoms with Crippen LogP contribution in [0.25, 0.3) is 0 Å². The minimum Gasteiger partial charge on any atom is -0.326 e. The summed E-state index contributed by atoms with van der Waals surface area (Å²) in [5.74, 6) is 0.881. The van der Waals surface area contributed by atoms with Gasteiger partial charge in [0, 0.05) is 23.1 Å². The van der Waals surface area contributed by atoms with Crippen LogP contribution in [0.2, 0.25) is 0 Å². The topological polar surface area (TPSA) is 29.3 Å². The molecule has 1 aromatic carbocycles. The van der Waals surface area contributed by atoms with Gasteiger partial charge in [0.05, 0.1) is 0 Å². The van der Waals surface area contributed by atoms with Gasteiger partial charge in [-0.25, -0.2) is 0 Å². The summed E-state index contributed by atoms with van der Waals surface area (Å²) in [6.07, 6.45) is 5.19. The van der Waals surface area contributed by atoms with Crippen molar-refractivity contribution in [3.8, 4) is 0 Å². The quantitative estimate of drug-likeness (QED) is 0.858. The monoisotopic (exact) mass is 324 g/mol. The molecule has 2 N–H and O–H groups in total. The molecule has 106 valence electrons. The summed E-state index contributed by atoms with van der Waals surface area (Å²) in [4.78, 5) is 2.46. The number of hydrogen-bond acceptors (Lipinski definition) is 2. The third-order valence-corrected chi connectivity index (χ3v) is 4.86. The summed E-state index contributed by atoms with van der Waals surface area (Å²) in [6.45, 7) is 3.35. The maximum atomic E-state index is 6.37. The Bertz CT molecular complexity index is 386. The summed E-state index contributed by atoms with van der Waals surface area (Å²) < 4.78 is 1.13. The second-order valence-electron chi connectivity index (χ2n) is 5.80. The van der Waals surface area contributed by atoms with Gasteiger partial charge >= 0.3 is 0 Å². The van der Waals surface area contributed by atoms with Crippen LogP contribution in [-0.4, -0.2) is 24.5 Å². The minimum absolute atomic E-state index is 0.200. The Labute approximate surface area is 125 Å². The van der Waals surface area contributed by atoms with E-state index in [0.29, 0.717) is 6.04 Å². The number of nitrogens with zero attached hydrogens (tertiary/aromatic N) is 1. The van der Waals surface area contributed by atoms with Gasteiger partial charge in [-0.2, -0.15) is 0 Å². The number of hydrogen-bond donors (Lipinski definition) is 1. The second-order valence-corrected chi connectivity index (χ2v) is 6.72. The van der Waals surface area contributed by atoms with E-state index in [9.17, 15) is 0 Å². The first kappa shape index (κ1) is 15.0. The fraction of sp³-hybridized carbons (Fsp3) is 0.625. The number of halogens is 1. The predicted molar refractivity (Wildman–Crippen MR) is 85.1 cm³/mol. The second kappa shape index (κ2) is 6.87. The van der Waals surface area contributed by atoms with Gasteiger partial charge in [0.2, 0.25) is 0 Å². The van der Waals surface area contributed by atoms with Crippen LogP contribution < -0.4 is 5.73 Å². The van der Waals surface area contributed by atoms with E-state index >= 15 is 0 Å². The number of likely N-dealkylation sites (N-methyl/N-ethyl adjacent to an activating group) is 1. The van der Waals surface area contributed by atoms with Crippen molar-refractivity contribution < 1.29 is 0 Å². The molecule has 0 heterocycles. The molecule has 2 nitrogen and oxygen atoms in total. The Balaban J connectivity index is 2.11. The molecule has 2 atom stereocenters. The highest BCUT2D eigenvalue weighted by atomic mass is 79.9. The molecule has 2 rings (SSSR count). The highest BCUT2D eigenvalue weighted by Gasteiger charge is 2.27. The molecular formula is C16H25BrN2. The fourth-order valence-electron chi connectivity index (χ4n) is 2.91. The van der Waals surface area contributed by atoms with Gasteiger partial charge in [0.1, 0.15) is 0 Å². The van der Waals surface area contributed by atoms with Crippen molar-refractivity contribution >= 4 is 15.9 Å². The normalized spacial score (nSPS) is 19.2. The van der Waals surface area contributed by atoms with Crippen LogP contribution in [0.4, 0.5) is 0 Å². The zero-order chi connectivity index (χ0) is 13.8. The molecule has 3 heteroatoms. The Kier molecular flexibility index (Phi) is 5.43. The van der Waals surface area contributed by atoms with Crippen LogP contribution in [-0.2, 0) is 0 Å². The third kappa shape index (κ3) is 3.80. The van der Waals surface area contributed by atoms with Gasteiger partial charge in [0.15, 0.2) is 0 Å². The average Bonchev–Trinajstić information content (AvgIpc) is 2.36. The van der Waals surface area contributed by atoms with Crippen molar-refractivity contribution in [2.24, 2.45) is 11.7 Å². The van der Waals surface area contributed by atoms with Crippen molar-refractivity contribution in [2.45, 2.75) is 44.7 Å². The van der Waals surface area contributed by atoms with Crippen LogP contribution in [0.15, 0.2) is 28.7 Å². The van der Waals surface area contributed by atoms with Crippen molar-refractivity contribution in [3.05, 3.63) is 34.3 Å². The summed E-state index contributed by atoms with van der Waals surface area (Å²) in [7, 11) is 2.22. The zero-order valence-corrected chi connectivity index (χ0v) is 13.6. The highest BCUT2D eigenvalue weighted by molar-refractivity contribution is 9.10. The lowest BCUT2D eigenvalue weighted by molar-refractivity contribution is 0.144. The number of nitrogens with two attached hydrogens (primary N) is 1. The van der Waals surface area contributed by atoms with Crippen molar-refractivity contribution in [1.82, 2.24) is 4.90 Å². The molecule has 0 aromatic heterocycles. The van der Waals surface area contributed by atoms with E-state index in [1.807, 2.05) is 0 Å². The Morgan fingerprint density at radius 1 is 1.32 bits per heavy atom. The largest absolute Gasteiger partial charge is 0.326 e. The van der Waals surface area contributed by atoms with Crippen molar-refractivity contribution in [3.63, 3.8) is 0 Å². The fourth-order valence-corrected chi connectivity index (χ4v) is 3.17. The third-order valence-electron chi connectivity index (χ3n) is 4.33. The maximum Gasteiger partial charge on any atom is 0.0496 e. The molecule has 2 unspecified atom stereocenters. The van der Waals surface area contributed by atoms with Gasteiger partial charge < -0.3 is 5.73 Å². The Morgan fingerprint density at radius 2 is 1.95 bits per heavy atom. The minimum atomic E-state index is 0.200. The van der Waals surface area contributed by atoms with Gasteiger partial charge in [-0.15, -0.1) is 0 Å². The van der Waals surface area contributed by atoms with Gasteiger partial charge in [-0.05, 0) is 49.9 Å². The molecule has 0 spiro atoms. The van der Waals surface area contributed by atoms with E-state index in [1.165, 1.54) is 31.4 Å². The molecule has 1 aliphatic rings. The number of rotatable bonds is 6. The van der Waals surface area contributed by atoms with E-state index in [2.05, 4.69) is 59.1 Å². The molecule has 19 heavy (non-hydrogen) atoms. The van der Waals surface area contributed by atoms with E-state index in [1.54, 1.807) is 0 Å². The van der Waals surface area contributed by atoms with Crippen LogP contribution >= 0.6 is 15.9 Å². The first-order valence-electron chi connectivity index (χ1n) is 7.33. The molecule has 1 fully saturated rings. The number of benzene rings is 1. The lowest BCUT2D eigenvalue weighted by Gasteiger charge is -2.37. The van der Waals surface area contributed by atoms with E-state index < -0.39 is 0 Å². The van der Waals surface area contributed by atoms with Crippen molar-refractivity contribution in [2.75, 3.05) is 13.6 Å². The zero-order valence-electron chi connectivity index (χ0n) is 12.0. The standard InChI is InChI=1S/C16H25BrN2/c1-3-15(18)16(13-7-9-14(17)10-8-13)19(2)11-12-5-4-6-12/h7-10,12,15-16H,3-6,11,18H2,1-2H3. The van der Waals surface area contributed by atoms with Gasteiger partial charge in [0.25, 0.3) is 0 Å². The van der Waals surface area contributed by atoms with E-state index in [0.717, 1.165) is 16.8 Å². The SMILES string of the molecule is CCC(N)C(c1ccc(Br)cc1)N(C)CC1CCC1. The summed E-state index contributed by atoms with van der Waals surface area (Å²) in [5, 5.41) is 0. The smallest absolute Gasteiger partial charge is 0.0496 e. The highest BCUT2D eigenvalue weighted by Crippen LogP contribution is 2.31. The first-order chi connectivity index (χ1) is 9.11. The molecule has 1 aromatic rings. The predicted octanol–water partition coefficient (Wildman–Crippen LogP) is 3.96. The van der Waals surface area contributed by atoms with Gasteiger partial charge in [-0.1, -0.05) is 41.4 Å². The Hall–Kier alpha value is -0.380. The van der Waals surface area contributed by atoms with E-state index in [4.69, 9.17) is 5.73 Å². The first-order valence-corrected chi connectivity index (χ1v) is 8.12. The Morgan fingerprint density at radius 3 is 2.42 bits per heavy atom. The van der Waals surface area contributed by atoms with Gasteiger partial charge in [-0.3, -0.25) is 4.90 Å². The molecule has 1 saturated carbocycles. The molecular weight excluding hydrogens is 300 g/mol. The summed E-state index contributed by atoms with van der Waals surface area (Å²) in [5.41, 5.74) is 7.70. The molecule has 0 bridgehead atoms. The van der Waals surface area contributed by atoms with Crippen LogP contribution in [0.1, 0.15) is 44.2 Å². The lowest BCUT2D eigenvalue weighted by Crippen LogP contribution is -2.41. The molecule has 0 radical (unpaired) electrons. The van der Waals surface area contributed by atoms with Crippen LogP contribution in [0.5, 0.6) is 0 Å². The van der Waals surface area contributed by atoms with Crippen molar-refractivity contribution in [1.29, 1.82) is 0 Å². The van der Waals surface area contributed by atoms with Crippen LogP contribution in [0.3, 0.4) is 0 Å². The average molecular weight is 325 g/mol. The maximum absolute atomic E-state index is 6.37.